The van der Waals surface area contributed by atoms with Gasteiger partial charge in [0, 0.05) is 0 Å². The smallest absolute Gasteiger partial charge is 0.147 e. The lowest BCUT2D eigenvalue weighted by Gasteiger charge is -0.148. The lowest BCUT2D eigenvalue weighted by molar-refractivity contribution is 5.75. The van der Waals surface area contributed by atoms with Gasteiger partial charge in [-0.05, 0) is 0 Å². The Morgan fingerprint density at radius 1 is 0.222 bits per heavy atom. The van der Waals surface area contributed by atoms with E-state index in [-0.39, 0.29) is 154 Å². The summed E-state index contributed by atoms with van der Waals surface area (Å²) >= 11 is 0. The fourth-order valence-electron chi connectivity index (χ4n) is 0. The van der Waals surface area contributed by atoms with Gasteiger partial charge in [0.05, 0.1) is 0 Å². The molecule has 0 atom stereocenters. The standard InChI is InChI=1S/5ClH.4Mg.8H/h5*1H;;;;;;;;;;;;. The van der Waals surface area contributed by atoms with E-state index in [1.807, 2.05) is 0 Å². The number of hydrogen-bond acceptors (Lipinski definition) is 0. The summed E-state index contributed by atoms with van der Waals surface area (Å²) in [5.74, 6) is 0. The highest BCUT2D eigenvalue weighted by Gasteiger charge is 0.319. The molecule has 56 valence electrons. The Morgan fingerprint density at radius 2 is 0.222 bits per heavy atom. The van der Waals surface area contributed by atoms with E-state index >= 15 is 0 Å². The van der Waals surface area contributed by atoms with Gasteiger partial charge in [-0.3, -0.25) is 0 Å². The van der Waals surface area contributed by atoms with Crippen LogP contribution in [0, 0.1) is 0 Å². The molecule has 0 saturated carbocycles. The van der Waals surface area contributed by atoms with Gasteiger partial charge < -0.3 is 0 Å². The molecule has 0 radical (unpaired) electrons. The van der Waals surface area contributed by atoms with E-state index in [4.69, 9.17) is 0 Å². The third-order valence-corrected chi connectivity index (χ3v) is 0. The molecule has 0 rings (SSSR count). The first-order chi connectivity index (χ1) is 0. The number of rotatable bonds is 0. The van der Waals surface area contributed by atoms with Crippen molar-refractivity contribution in [3.8, 4) is 0 Å². The first-order valence-corrected chi connectivity index (χ1v) is 0. The molecule has 0 nitrogen and oxygen atoms in total. The first-order valence-electron chi connectivity index (χ1n) is 0. The van der Waals surface area contributed by atoms with E-state index in [1.54, 1.807) is 0 Å². The van der Waals surface area contributed by atoms with Gasteiger partial charge in [0.15, 0.2) is 0 Å². The summed E-state index contributed by atoms with van der Waals surface area (Å²) in [7, 11) is 0. The average Bonchev–Trinajstić information content (AvgIpc) is 0. The zero-order chi connectivity index (χ0) is 0. The Bertz CT molecular complexity index is 8.92. The van der Waals surface area contributed by atoms with E-state index in [9.17, 15) is 0 Å². The van der Waals surface area contributed by atoms with Gasteiger partial charge in [0.2, 0.25) is 0 Å². The summed E-state index contributed by atoms with van der Waals surface area (Å²) in [4.78, 5) is 0. The topological polar surface area (TPSA) is 0 Å². The summed E-state index contributed by atoms with van der Waals surface area (Å²) in [6, 6.07) is 0. The van der Waals surface area contributed by atoms with E-state index in [0.29, 0.717) is 0 Å². The van der Waals surface area contributed by atoms with Crippen molar-refractivity contribution in [3.63, 3.8) is 0 Å². The maximum Gasteiger partial charge on any atom is 0.316 e. The summed E-state index contributed by atoms with van der Waals surface area (Å²) in [5, 5.41) is 0. The van der Waals surface area contributed by atoms with E-state index in [1.165, 1.54) is 0 Å². The van der Waals surface area contributed by atoms with E-state index < -0.39 is 0 Å². The third-order valence-electron chi connectivity index (χ3n) is 0. The van der Waals surface area contributed by atoms with Crippen molar-refractivity contribution in [2.24, 2.45) is 0 Å². The minimum atomic E-state index is 0. The van der Waals surface area contributed by atoms with Crippen LogP contribution in [0.3, 0.4) is 0 Å². The van der Waals surface area contributed by atoms with Gasteiger partial charge in [-0.25, -0.2) is 0 Å². The molecule has 0 aliphatic carbocycles. The Hall–Kier alpha value is 4.51. The molecule has 0 N–H and O–H groups in total. The normalized spacial score (nSPS) is 0. The van der Waals surface area contributed by atoms with Crippen LogP contribution in [0.15, 0.2) is 0 Å². The molecule has 0 heterocycles. The predicted molar refractivity (Wildman–Crippen MR) is 70.4 cm³/mol. The third kappa shape index (κ3) is 67.9. The Morgan fingerprint density at radius 3 is 0.222 bits per heavy atom. The Kier molecular flexibility index (Phi) is 939. The van der Waals surface area contributed by atoms with Crippen molar-refractivity contribution < 1.29 is 0 Å². The van der Waals surface area contributed by atoms with Crippen molar-refractivity contribution in [2.45, 2.75) is 0 Å². The van der Waals surface area contributed by atoms with Crippen LogP contribution in [0.2, 0.25) is 0 Å². The molecule has 0 spiro atoms. The molecule has 0 aliphatic heterocycles. The van der Waals surface area contributed by atoms with Crippen LogP contribution in [-0.2, 0) is 0 Å². The number of halogens is 5. The molecule has 0 amide bonds. The van der Waals surface area contributed by atoms with Crippen LogP contribution >= 0.6 is 62.0 Å². The minimum absolute atomic E-state index is 0. The van der Waals surface area contributed by atoms with Gasteiger partial charge in [0.1, 0.15) is 0 Å². The first kappa shape index (κ1) is 104. The average molecular weight is 288 g/mol. The summed E-state index contributed by atoms with van der Waals surface area (Å²) in [5.41, 5.74) is 0. The minimum Gasteiger partial charge on any atom is -0.147 e. The molecular formula is H13Cl5Mg4. The van der Waals surface area contributed by atoms with Crippen LogP contribution in [0.5, 0.6) is 0 Å². The molecule has 0 bridgehead atoms. The van der Waals surface area contributed by atoms with Crippen molar-refractivity contribution >= 4 is 154 Å². The largest absolute Gasteiger partial charge is 0.316 e. The maximum absolute atomic E-state index is 0. The zero-order valence-corrected chi connectivity index (χ0v) is 6.12. The SMILES string of the molecule is Cl.Cl.Cl.Cl.Cl.[MgH2].[MgH2].[MgH2].[MgH2]. The number of hydrogen-bond donors (Lipinski definition) is 0. The zero-order valence-electron chi connectivity index (χ0n) is 2.04. The van der Waals surface area contributed by atoms with Gasteiger partial charge in [-0.2, -0.15) is 0 Å². The highest BCUT2D eigenvalue weighted by atomic mass is 35.5. The molecule has 0 saturated heterocycles. The van der Waals surface area contributed by atoms with Crippen LogP contribution in [0.4, 0.5) is 0 Å². The van der Waals surface area contributed by atoms with E-state index in [0.717, 1.165) is 0 Å². The molecule has 0 fully saturated rings. The maximum atomic E-state index is 0. The van der Waals surface area contributed by atoms with Gasteiger partial charge in [0.25, 0.3) is 0 Å². The Labute approximate surface area is 151 Å². The summed E-state index contributed by atoms with van der Waals surface area (Å²) in [6.07, 6.45) is 0. The molecule has 0 aromatic heterocycles. The lowest BCUT2D eigenvalue weighted by atomic mass is 24.3. The Balaban J connectivity index is 0. The van der Waals surface area contributed by atoms with E-state index in [2.05, 4.69) is 0 Å². The van der Waals surface area contributed by atoms with Crippen LogP contribution < -0.4 is 0 Å². The van der Waals surface area contributed by atoms with Crippen LogP contribution in [0.25, 0.3) is 0 Å². The van der Waals surface area contributed by atoms with Gasteiger partial charge in [-0.15, -0.1) is 62.0 Å². The predicted octanol–water partition coefficient (Wildman–Crippen LogP) is -1.56. The van der Waals surface area contributed by atoms with Crippen molar-refractivity contribution in [1.29, 1.82) is 0 Å². The molecule has 0 aliphatic rings. The van der Waals surface area contributed by atoms with Crippen LogP contribution in [0.1, 0.15) is 0 Å². The second-order valence-electron chi connectivity index (χ2n) is 0. The summed E-state index contributed by atoms with van der Waals surface area (Å²) in [6.45, 7) is 0. The van der Waals surface area contributed by atoms with Crippen molar-refractivity contribution in [2.75, 3.05) is 0 Å². The van der Waals surface area contributed by atoms with Gasteiger partial charge >= 0.3 is 92.2 Å². The van der Waals surface area contributed by atoms with Crippen LogP contribution in [-0.4, -0.2) is 92.2 Å². The second-order valence-corrected chi connectivity index (χ2v) is 0. The van der Waals surface area contributed by atoms with Gasteiger partial charge in [-0.1, -0.05) is 0 Å². The fraction of sp³-hybridized carbons (Fsp3) is 0. The van der Waals surface area contributed by atoms with Crippen molar-refractivity contribution in [1.82, 2.24) is 0 Å². The molecule has 0 unspecified atom stereocenters. The molecule has 9 heteroatoms. The quantitative estimate of drug-likeness (QED) is 0.473. The molecule has 9 heavy (non-hydrogen) atoms. The monoisotopic (exact) mass is 284 g/mol. The fourth-order valence-corrected chi connectivity index (χ4v) is 0. The molecular weight excluding hydrogens is 274 g/mol. The highest BCUT2D eigenvalue weighted by Crippen LogP contribution is 0.694. The highest BCUT2D eigenvalue weighted by molar-refractivity contribution is 5.86. The lowest BCUT2D eigenvalue weighted by Crippen LogP contribution is -0.382. The summed E-state index contributed by atoms with van der Waals surface area (Å²) < 4.78 is 0. The van der Waals surface area contributed by atoms with Crippen molar-refractivity contribution in [3.05, 3.63) is 0 Å². The molecule has 0 aromatic carbocycles. The molecule has 0 aromatic rings. The second kappa shape index (κ2) is 81.4.